The van der Waals surface area contributed by atoms with Crippen LogP contribution in [0.25, 0.3) is 0 Å². The number of morpholine rings is 1. The maximum atomic E-state index is 11.9. The van der Waals surface area contributed by atoms with Gasteiger partial charge in [-0.15, -0.1) is 0 Å². The van der Waals surface area contributed by atoms with Crippen LogP contribution in [0.4, 0.5) is 0 Å². The van der Waals surface area contributed by atoms with Crippen LogP contribution in [-0.2, 0) is 16.1 Å². The molecule has 5 nitrogen and oxygen atoms in total. The van der Waals surface area contributed by atoms with Crippen LogP contribution in [0.15, 0.2) is 24.3 Å². The molecule has 2 heterocycles. The maximum Gasteiger partial charge on any atom is 0.263 e. The first-order valence-electron chi connectivity index (χ1n) is 7.53. The zero-order chi connectivity index (χ0) is 14.7. The summed E-state index contributed by atoms with van der Waals surface area (Å²) in [6, 6.07) is 8.06. The van der Waals surface area contributed by atoms with Gasteiger partial charge >= 0.3 is 0 Å². The quantitative estimate of drug-likeness (QED) is 0.833. The molecule has 1 amide bonds. The Morgan fingerprint density at radius 2 is 2.10 bits per heavy atom. The summed E-state index contributed by atoms with van der Waals surface area (Å²) in [6.45, 7) is 5.22. The number of likely N-dealkylation sites (tertiary alicyclic amines) is 1. The van der Waals surface area contributed by atoms with Crippen LogP contribution in [0.2, 0.25) is 0 Å². The Morgan fingerprint density at radius 3 is 2.81 bits per heavy atom. The minimum atomic E-state index is -0.325. The molecule has 0 aliphatic carbocycles. The summed E-state index contributed by atoms with van der Waals surface area (Å²) in [6.07, 6.45) is 0.442. The third-order valence-electron chi connectivity index (χ3n) is 4.07. The summed E-state index contributed by atoms with van der Waals surface area (Å²) in [5.41, 5.74) is 1.22. The van der Waals surface area contributed by atoms with Gasteiger partial charge in [-0.25, -0.2) is 0 Å². The number of rotatable bonds is 4. The number of amides is 1. The highest BCUT2D eigenvalue weighted by Gasteiger charge is 2.30. The molecule has 2 aliphatic heterocycles. The highest BCUT2D eigenvalue weighted by Crippen LogP contribution is 2.20. The second-order valence-electron chi connectivity index (χ2n) is 5.69. The number of carbonyl (C=O) groups excluding carboxylic acids is 1. The third kappa shape index (κ3) is 3.54. The lowest BCUT2D eigenvalue weighted by molar-refractivity contribution is -0.132. The van der Waals surface area contributed by atoms with Crippen LogP contribution in [0, 0.1) is 0 Å². The van der Waals surface area contributed by atoms with Crippen LogP contribution >= 0.6 is 0 Å². The number of carbonyl (C=O) groups is 1. The molecule has 2 fully saturated rings. The Morgan fingerprint density at radius 1 is 1.29 bits per heavy atom. The Kier molecular flexibility index (Phi) is 4.41. The van der Waals surface area contributed by atoms with Crippen molar-refractivity contribution in [2.45, 2.75) is 19.1 Å². The lowest BCUT2D eigenvalue weighted by Crippen LogP contribution is -2.35. The van der Waals surface area contributed by atoms with Crippen molar-refractivity contribution in [3.8, 4) is 5.75 Å². The molecule has 114 valence electrons. The van der Waals surface area contributed by atoms with Crippen molar-refractivity contribution < 1.29 is 14.3 Å². The Labute approximate surface area is 125 Å². The average molecular weight is 290 g/mol. The van der Waals surface area contributed by atoms with E-state index < -0.39 is 0 Å². The van der Waals surface area contributed by atoms with E-state index in [1.807, 2.05) is 25.2 Å². The van der Waals surface area contributed by atoms with Gasteiger partial charge < -0.3 is 14.4 Å². The fraction of sp³-hybridized carbons (Fsp3) is 0.562. The van der Waals surface area contributed by atoms with E-state index >= 15 is 0 Å². The van der Waals surface area contributed by atoms with Crippen molar-refractivity contribution in [2.75, 3.05) is 39.9 Å². The second-order valence-corrected chi connectivity index (χ2v) is 5.69. The summed E-state index contributed by atoms with van der Waals surface area (Å²) in [5.74, 6) is 0.864. The van der Waals surface area contributed by atoms with Crippen molar-refractivity contribution in [3.63, 3.8) is 0 Å². The first-order chi connectivity index (χ1) is 10.2. The Balaban J connectivity index is 1.61. The van der Waals surface area contributed by atoms with E-state index in [1.165, 1.54) is 5.56 Å². The molecule has 3 rings (SSSR count). The molecular weight excluding hydrogens is 268 g/mol. The minimum Gasteiger partial charge on any atom is -0.481 e. The largest absolute Gasteiger partial charge is 0.481 e. The van der Waals surface area contributed by atoms with Crippen LogP contribution in [-0.4, -0.2) is 61.7 Å². The lowest BCUT2D eigenvalue weighted by atomic mass is 10.2. The van der Waals surface area contributed by atoms with E-state index in [9.17, 15) is 4.79 Å². The smallest absolute Gasteiger partial charge is 0.263 e. The maximum absolute atomic E-state index is 11.9. The number of nitrogens with zero attached hydrogens (tertiary/aromatic N) is 2. The standard InChI is InChI=1S/C16H22N2O3/c1-17-6-5-15(16(17)19)21-14-4-2-3-13(11-14)12-18-7-9-20-10-8-18/h2-4,11,15H,5-10,12H2,1H3. The normalized spacial score (nSPS) is 23.6. The SMILES string of the molecule is CN1CCC(Oc2cccc(CN3CCOCC3)c2)C1=O. The van der Waals surface area contributed by atoms with Gasteiger partial charge in [0.05, 0.1) is 13.2 Å². The summed E-state index contributed by atoms with van der Waals surface area (Å²) in [7, 11) is 1.82. The van der Waals surface area contributed by atoms with Gasteiger partial charge in [-0.05, 0) is 17.7 Å². The first-order valence-corrected chi connectivity index (χ1v) is 7.53. The molecule has 1 aromatic rings. The molecule has 2 aliphatic rings. The summed E-state index contributed by atoms with van der Waals surface area (Å²) >= 11 is 0. The molecule has 1 atom stereocenters. The molecule has 0 N–H and O–H groups in total. The number of benzene rings is 1. The zero-order valence-electron chi connectivity index (χ0n) is 12.5. The highest BCUT2D eigenvalue weighted by molar-refractivity contribution is 5.83. The zero-order valence-corrected chi connectivity index (χ0v) is 12.5. The molecule has 0 aromatic heterocycles. The molecule has 21 heavy (non-hydrogen) atoms. The minimum absolute atomic E-state index is 0.0774. The highest BCUT2D eigenvalue weighted by atomic mass is 16.5. The Bertz CT molecular complexity index is 500. The Hall–Kier alpha value is -1.59. The summed E-state index contributed by atoms with van der Waals surface area (Å²) in [5, 5.41) is 0. The average Bonchev–Trinajstić information content (AvgIpc) is 2.81. The van der Waals surface area contributed by atoms with Gasteiger partial charge in [-0.2, -0.15) is 0 Å². The van der Waals surface area contributed by atoms with E-state index in [-0.39, 0.29) is 12.0 Å². The van der Waals surface area contributed by atoms with E-state index in [2.05, 4.69) is 11.0 Å². The molecule has 1 unspecified atom stereocenters. The topological polar surface area (TPSA) is 42.0 Å². The van der Waals surface area contributed by atoms with E-state index in [4.69, 9.17) is 9.47 Å². The van der Waals surface area contributed by atoms with Gasteiger partial charge in [0.2, 0.25) is 0 Å². The van der Waals surface area contributed by atoms with Crippen LogP contribution < -0.4 is 4.74 Å². The number of ether oxygens (including phenoxy) is 2. The van der Waals surface area contributed by atoms with Crippen molar-refractivity contribution in [1.29, 1.82) is 0 Å². The number of likely N-dealkylation sites (N-methyl/N-ethyl adjacent to an activating group) is 1. The fourth-order valence-corrected chi connectivity index (χ4v) is 2.80. The lowest BCUT2D eigenvalue weighted by Gasteiger charge is -2.26. The van der Waals surface area contributed by atoms with Gasteiger partial charge in [-0.3, -0.25) is 9.69 Å². The van der Waals surface area contributed by atoms with E-state index in [0.29, 0.717) is 0 Å². The van der Waals surface area contributed by atoms with E-state index in [0.717, 1.165) is 51.6 Å². The van der Waals surface area contributed by atoms with Crippen molar-refractivity contribution in [1.82, 2.24) is 9.80 Å². The van der Waals surface area contributed by atoms with Crippen LogP contribution in [0.1, 0.15) is 12.0 Å². The fourth-order valence-electron chi connectivity index (χ4n) is 2.80. The predicted molar refractivity (Wildman–Crippen MR) is 79.2 cm³/mol. The van der Waals surface area contributed by atoms with Crippen molar-refractivity contribution >= 4 is 5.91 Å². The molecule has 5 heteroatoms. The molecule has 0 saturated carbocycles. The molecular formula is C16H22N2O3. The third-order valence-corrected chi connectivity index (χ3v) is 4.07. The molecule has 2 saturated heterocycles. The van der Waals surface area contributed by atoms with Gasteiger partial charge in [0.25, 0.3) is 5.91 Å². The number of hydrogen-bond acceptors (Lipinski definition) is 4. The van der Waals surface area contributed by atoms with E-state index in [1.54, 1.807) is 4.90 Å². The summed E-state index contributed by atoms with van der Waals surface area (Å²) in [4.78, 5) is 16.0. The molecule has 0 spiro atoms. The predicted octanol–water partition coefficient (Wildman–Crippen LogP) is 1.13. The van der Waals surface area contributed by atoms with Crippen LogP contribution in [0.5, 0.6) is 5.75 Å². The monoisotopic (exact) mass is 290 g/mol. The molecule has 0 bridgehead atoms. The van der Waals surface area contributed by atoms with Gasteiger partial charge in [-0.1, -0.05) is 12.1 Å². The van der Waals surface area contributed by atoms with Gasteiger partial charge in [0.1, 0.15) is 5.75 Å². The first kappa shape index (κ1) is 14.4. The van der Waals surface area contributed by atoms with Gasteiger partial charge in [0, 0.05) is 39.6 Å². The molecule has 0 radical (unpaired) electrons. The molecule has 1 aromatic carbocycles. The summed E-state index contributed by atoms with van der Waals surface area (Å²) < 4.78 is 11.2. The van der Waals surface area contributed by atoms with Crippen molar-refractivity contribution in [3.05, 3.63) is 29.8 Å². The second kappa shape index (κ2) is 6.45. The number of hydrogen-bond donors (Lipinski definition) is 0. The van der Waals surface area contributed by atoms with Crippen molar-refractivity contribution in [2.24, 2.45) is 0 Å². The van der Waals surface area contributed by atoms with Gasteiger partial charge in [0.15, 0.2) is 6.10 Å². The van der Waals surface area contributed by atoms with Crippen LogP contribution in [0.3, 0.4) is 0 Å².